The van der Waals surface area contributed by atoms with Crippen LogP contribution < -0.4 is 0 Å². The summed E-state index contributed by atoms with van der Waals surface area (Å²) in [5.41, 5.74) is 0.866. The molecule has 1 saturated heterocycles. The fourth-order valence-electron chi connectivity index (χ4n) is 2.76. The Hall–Kier alpha value is -1.27. The molecule has 6 heteroatoms. The molecule has 21 heavy (non-hydrogen) atoms. The molecule has 0 spiro atoms. The first kappa shape index (κ1) is 14.7. The zero-order valence-corrected chi connectivity index (χ0v) is 14.0. The standard InChI is InChI=1S/C15H19N3OS2/c1-3-12-17-10(2)13(21-12)15(19)18-8-5-4-6-11(18)14-16-7-9-20-14/h7,9,11H,3-6,8H2,1-2H3/t11-/m0/s1. The smallest absolute Gasteiger partial charge is 0.266 e. The number of carbonyl (C=O) groups is 1. The van der Waals surface area contributed by atoms with E-state index in [-0.39, 0.29) is 11.9 Å². The number of amides is 1. The van der Waals surface area contributed by atoms with E-state index in [1.165, 1.54) is 0 Å². The predicted molar refractivity (Wildman–Crippen MR) is 86.0 cm³/mol. The van der Waals surface area contributed by atoms with Gasteiger partial charge in [0.1, 0.15) is 9.88 Å². The Balaban J connectivity index is 1.89. The summed E-state index contributed by atoms with van der Waals surface area (Å²) in [5, 5.41) is 4.08. The normalized spacial score (nSPS) is 19.0. The molecule has 1 amide bonds. The summed E-state index contributed by atoms with van der Waals surface area (Å²) in [5.74, 6) is 0.129. The Morgan fingerprint density at radius 3 is 3.00 bits per heavy atom. The molecule has 2 aromatic rings. The van der Waals surface area contributed by atoms with Crippen molar-refractivity contribution in [2.45, 2.75) is 45.6 Å². The minimum absolute atomic E-state index is 0.129. The third-order valence-corrected chi connectivity index (χ3v) is 6.00. The van der Waals surface area contributed by atoms with Gasteiger partial charge >= 0.3 is 0 Å². The molecule has 0 N–H and O–H groups in total. The van der Waals surface area contributed by atoms with E-state index in [0.29, 0.717) is 0 Å². The zero-order valence-electron chi connectivity index (χ0n) is 12.3. The number of rotatable bonds is 3. The number of piperidine rings is 1. The summed E-state index contributed by atoms with van der Waals surface area (Å²) >= 11 is 3.18. The van der Waals surface area contributed by atoms with Crippen molar-refractivity contribution < 1.29 is 4.79 Å². The molecule has 0 bridgehead atoms. The van der Waals surface area contributed by atoms with E-state index < -0.39 is 0 Å². The van der Waals surface area contributed by atoms with Gasteiger partial charge in [-0.1, -0.05) is 6.92 Å². The van der Waals surface area contributed by atoms with Crippen LogP contribution in [0.5, 0.6) is 0 Å². The maximum atomic E-state index is 12.9. The van der Waals surface area contributed by atoms with Gasteiger partial charge < -0.3 is 4.90 Å². The number of hydrogen-bond donors (Lipinski definition) is 0. The summed E-state index contributed by atoms with van der Waals surface area (Å²) in [6.07, 6.45) is 5.96. The lowest BCUT2D eigenvalue weighted by molar-refractivity contribution is 0.0615. The van der Waals surface area contributed by atoms with E-state index in [9.17, 15) is 4.79 Å². The second kappa shape index (κ2) is 6.23. The molecule has 1 aliphatic heterocycles. The van der Waals surface area contributed by atoms with E-state index in [1.54, 1.807) is 22.7 Å². The van der Waals surface area contributed by atoms with Crippen LogP contribution in [-0.2, 0) is 6.42 Å². The fourth-order valence-corrected chi connectivity index (χ4v) is 4.51. The Bertz CT molecular complexity index is 621. The molecule has 0 aliphatic carbocycles. The summed E-state index contributed by atoms with van der Waals surface area (Å²) in [6, 6.07) is 0.137. The molecule has 2 aromatic heterocycles. The van der Waals surface area contributed by atoms with Crippen molar-refractivity contribution in [1.29, 1.82) is 0 Å². The highest BCUT2D eigenvalue weighted by Gasteiger charge is 2.32. The second-order valence-electron chi connectivity index (χ2n) is 5.26. The lowest BCUT2D eigenvalue weighted by Crippen LogP contribution is -2.38. The minimum Gasteiger partial charge on any atom is -0.328 e. The molecule has 3 heterocycles. The molecule has 1 fully saturated rings. The fraction of sp³-hybridized carbons (Fsp3) is 0.533. The molecule has 4 nitrogen and oxygen atoms in total. The van der Waals surface area contributed by atoms with E-state index in [1.807, 2.05) is 23.4 Å². The van der Waals surface area contributed by atoms with E-state index in [4.69, 9.17) is 0 Å². The number of hydrogen-bond acceptors (Lipinski definition) is 5. The number of aryl methyl sites for hydroxylation is 2. The summed E-state index contributed by atoms with van der Waals surface area (Å²) in [4.78, 5) is 24.6. The molecule has 1 atom stereocenters. The first-order valence-electron chi connectivity index (χ1n) is 7.37. The quantitative estimate of drug-likeness (QED) is 0.863. The Morgan fingerprint density at radius 1 is 1.48 bits per heavy atom. The van der Waals surface area contributed by atoms with Gasteiger partial charge in [-0.05, 0) is 32.6 Å². The lowest BCUT2D eigenvalue weighted by Gasteiger charge is -2.34. The first-order chi connectivity index (χ1) is 10.2. The molecular weight excluding hydrogens is 302 g/mol. The van der Waals surface area contributed by atoms with Gasteiger partial charge in [0.2, 0.25) is 0 Å². The van der Waals surface area contributed by atoms with Crippen LogP contribution in [-0.4, -0.2) is 27.3 Å². The van der Waals surface area contributed by atoms with Gasteiger partial charge in [0.05, 0.1) is 16.7 Å². The molecule has 0 unspecified atom stereocenters. The van der Waals surface area contributed by atoms with Crippen molar-refractivity contribution in [3.63, 3.8) is 0 Å². The van der Waals surface area contributed by atoms with Gasteiger partial charge in [0.25, 0.3) is 5.91 Å². The Morgan fingerprint density at radius 2 is 2.33 bits per heavy atom. The van der Waals surface area contributed by atoms with Crippen molar-refractivity contribution in [2.75, 3.05) is 6.54 Å². The van der Waals surface area contributed by atoms with Crippen LogP contribution >= 0.6 is 22.7 Å². The molecule has 0 saturated carbocycles. The lowest BCUT2D eigenvalue weighted by atomic mass is 10.0. The van der Waals surface area contributed by atoms with Gasteiger partial charge in [0, 0.05) is 18.1 Å². The molecule has 0 radical (unpaired) electrons. The molecule has 3 rings (SSSR count). The maximum absolute atomic E-state index is 12.9. The number of likely N-dealkylation sites (tertiary alicyclic amines) is 1. The predicted octanol–water partition coefficient (Wildman–Crippen LogP) is 3.84. The third-order valence-electron chi connectivity index (χ3n) is 3.84. The Kier molecular flexibility index (Phi) is 4.35. The van der Waals surface area contributed by atoms with E-state index in [0.717, 1.165) is 52.8 Å². The van der Waals surface area contributed by atoms with E-state index in [2.05, 4.69) is 16.9 Å². The number of thiazole rings is 2. The molecule has 112 valence electrons. The van der Waals surface area contributed by atoms with Crippen molar-refractivity contribution in [3.05, 3.63) is 32.2 Å². The van der Waals surface area contributed by atoms with Gasteiger partial charge in [-0.25, -0.2) is 9.97 Å². The average molecular weight is 321 g/mol. The SMILES string of the molecule is CCc1nc(C)c(C(=O)N2CCCC[C@H]2c2nccs2)s1. The number of aromatic nitrogens is 2. The van der Waals surface area contributed by atoms with Crippen LogP contribution in [0, 0.1) is 6.92 Å². The van der Waals surface area contributed by atoms with Gasteiger partial charge in [-0.2, -0.15) is 0 Å². The Labute approximate surface area is 132 Å². The molecule has 1 aliphatic rings. The molecular formula is C15H19N3OS2. The van der Waals surface area contributed by atoms with Crippen LogP contribution in [0.2, 0.25) is 0 Å². The van der Waals surface area contributed by atoms with Gasteiger partial charge in [0.15, 0.2) is 0 Å². The minimum atomic E-state index is 0.129. The number of nitrogens with zero attached hydrogens (tertiary/aromatic N) is 3. The average Bonchev–Trinajstić information content (AvgIpc) is 3.16. The van der Waals surface area contributed by atoms with Crippen LogP contribution in [0.1, 0.15) is 57.6 Å². The van der Waals surface area contributed by atoms with Gasteiger partial charge in [-0.3, -0.25) is 4.79 Å². The number of carbonyl (C=O) groups excluding carboxylic acids is 1. The highest BCUT2D eigenvalue weighted by atomic mass is 32.1. The monoisotopic (exact) mass is 321 g/mol. The van der Waals surface area contributed by atoms with Crippen LogP contribution in [0.3, 0.4) is 0 Å². The van der Waals surface area contributed by atoms with Crippen molar-refractivity contribution in [2.24, 2.45) is 0 Å². The van der Waals surface area contributed by atoms with Crippen molar-refractivity contribution >= 4 is 28.6 Å². The van der Waals surface area contributed by atoms with Crippen molar-refractivity contribution in [3.8, 4) is 0 Å². The summed E-state index contributed by atoms with van der Waals surface area (Å²) < 4.78 is 0. The topological polar surface area (TPSA) is 46.1 Å². The van der Waals surface area contributed by atoms with Gasteiger partial charge in [-0.15, -0.1) is 22.7 Å². The summed E-state index contributed by atoms with van der Waals surface area (Å²) in [7, 11) is 0. The van der Waals surface area contributed by atoms with E-state index >= 15 is 0 Å². The van der Waals surface area contributed by atoms with Crippen LogP contribution in [0.4, 0.5) is 0 Å². The zero-order chi connectivity index (χ0) is 14.8. The molecule has 0 aromatic carbocycles. The van der Waals surface area contributed by atoms with Crippen LogP contribution in [0.25, 0.3) is 0 Å². The van der Waals surface area contributed by atoms with Crippen LogP contribution in [0.15, 0.2) is 11.6 Å². The second-order valence-corrected chi connectivity index (χ2v) is 7.27. The van der Waals surface area contributed by atoms with Crippen molar-refractivity contribution in [1.82, 2.24) is 14.9 Å². The first-order valence-corrected chi connectivity index (χ1v) is 9.07. The maximum Gasteiger partial charge on any atom is 0.266 e. The highest BCUT2D eigenvalue weighted by molar-refractivity contribution is 7.13. The third kappa shape index (κ3) is 2.87. The largest absolute Gasteiger partial charge is 0.328 e. The summed E-state index contributed by atoms with van der Waals surface area (Å²) in [6.45, 7) is 4.83. The highest BCUT2D eigenvalue weighted by Crippen LogP contribution is 2.34.